The van der Waals surface area contributed by atoms with Gasteiger partial charge in [0.05, 0.1) is 14.3 Å². The van der Waals surface area contributed by atoms with Crippen LogP contribution in [0, 0.1) is 10.1 Å². The molecule has 2 rings (SSSR count). The topological polar surface area (TPSA) is 144 Å². The number of nitrogens with zero attached hydrogens (tertiary/aromatic N) is 2. The Labute approximate surface area is 141 Å². The van der Waals surface area contributed by atoms with E-state index in [1.165, 1.54) is 0 Å². The van der Waals surface area contributed by atoms with Crippen molar-refractivity contribution in [1.29, 1.82) is 0 Å². The lowest BCUT2D eigenvalue weighted by molar-refractivity contribution is -0.385. The highest BCUT2D eigenvalue weighted by Gasteiger charge is 2.36. The Morgan fingerprint density at radius 2 is 2.13 bits per heavy atom. The lowest BCUT2D eigenvalue weighted by Gasteiger charge is -2.08. The van der Waals surface area contributed by atoms with Crippen molar-refractivity contribution in [3.05, 3.63) is 37.2 Å². The third-order valence-corrected chi connectivity index (χ3v) is 4.27. The monoisotopic (exact) mass is 401 g/mol. The van der Waals surface area contributed by atoms with Gasteiger partial charge in [-0.25, -0.2) is 0 Å². The van der Waals surface area contributed by atoms with Crippen LogP contribution >= 0.6 is 27.7 Å². The van der Waals surface area contributed by atoms with Gasteiger partial charge in [0.2, 0.25) is 5.91 Å². The number of benzene rings is 1. The predicted molar refractivity (Wildman–Crippen MR) is 84.3 cm³/mol. The maximum absolute atomic E-state index is 12.1. The molecule has 0 saturated carbocycles. The maximum Gasteiger partial charge on any atom is 0.294 e. The van der Waals surface area contributed by atoms with Crippen LogP contribution in [0.15, 0.2) is 21.5 Å². The van der Waals surface area contributed by atoms with Crippen LogP contribution in [-0.4, -0.2) is 38.5 Å². The van der Waals surface area contributed by atoms with Gasteiger partial charge >= 0.3 is 0 Å². The molecule has 1 aliphatic heterocycles. The molecule has 0 bridgehead atoms. The molecular weight excluding hydrogens is 394 g/mol. The maximum atomic E-state index is 12.1. The number of phenolic OH excluding ortho intramolecular Hbond substituents is 1. The number of halogens is 1. The number of hydrogen-bond donors (Lipinski definition) is 2. The van der Waals surface area contributed by atoms with Crippen molar-refractivity contribution in [2.24, 2.45) is 5.73 Å². The van der Waals surface area contributed by atoms with Crippen LogP contribution < -0.4 is 5.73 Å². The quantitative estimate of drug-likeness (QED) is 0.442. The molecule has 1 saturated heterocycles. The van der Waals surface area contributed by atoms with E-state index in [-0.39, 0.29) is 26.4 Å². The smallest absolute Gasteiger partial charge is 0.294 e. The number of imide groups is 1. The average molecular weight is 402 g/mol. The van der Waals surface area contributed by atoms with Crippen LogP contribution in [-0.2, 0) is 9.59 Å². The van der Waals surface area contributed by atoms with Crippen molar-refractivity contribution >= 4 is 56.5 Å². The molecule has 1 aliphatic rings. The Morgan fingerprint density at radius 3 is 2.70 bits per heavy atom. The summed E-state index contributed by atoms with van der Waals surface area (Å²) < 4.78 is 0.0642. The molecule has 9 nitrogen and oxygen atoms in total. The van der Waals surface area contributed by atoms with Crippen molar-refractivity contribution in [3.8, 4) is 5.75 Å². The van der Waals surface area contributed by atoms with Crippen molar-refractivity contribution in [2.45, 2.75) is 0 Å². The second kappa shape index (κ2) is 6.38. The van der Waals surface area contributed by atoms with Crippen LogP contribution in [0.4, 0.5) is 10.5 Å². The predicted octanol–water partition coefficient (Wildman–Crippen LogP) is 1.58. The number of amides is 3. The highest BCUT2D eigenvalue weighted by atomic mass is 79.9. The van der Waals surface area contributed by atoms with E-state index in [4.69, 9.17) is 5.73 Å². The Kier molecular flexibility index (Phi) is 4.71. The number of hydrogen-bond acceptors (Lipinski definition) is 7. The van der Waals surface area contributed by atoms with Gasteiger partial charge in [-0.2, -0.15) is 0 Å². The number of non-ortho nitro benzene ring substituents is 1. The van der Waals surface area contributed by atoms with Gasteiger partial charge in [-0.3, -0.25) is 29.4 Å². The van der Waals surface area contributed by atoms with Gasteiger partial charge in [0, 0.05) is 17.7 Å². The number of rotatable bonds is 4. The number of primary amides is 1. The van der Waals surface area contributed by atoms with Crippen LogP contribution in [0.25, 0.3) is 6.08 Å². The minimum atomic E-state index is -0.852. The van der Waals surface area contributed by atoms with E-state index in [0.717, 1.165) is 18.2 Å². The van der Waals surface area contributed by atoms with E-state index in [1.54, 1.807) is 0 Å². The first-order valence-electron chi connectivity index (χ1n) is 5.91. The summed E-state index contributed by atoms with van der Waals surface area (Å²) in [5.74, 6) is -1.94. The van der Waals surface area contributed by atoms with Gasteiger partial charge in [-0.1, -0.05) is 0 Å². The molecule has 0 spiro atoms. The molecule has 1 aromatic carbocycles. The SMILES string of the molecule is NC(=O)CN1C(=O)S/C(=C\c2cc([N+](=O)[O-])cc(Br)c2O)C1=O. The first-order valence-corrected chi connectivity index (χ1v) is 7.52. The molecule has 0 atom stereocenters. The van der Waals surface area contributed by atoms with Crippen LogP contribution in [0.1, 0.15) is 5.56 Å². The number of thioether (sulfide) groups is 1. The summed E-state index contributed by atoms with van der Waals surface area (Å²) in [6.07, 6.45) is 1.14. The Morgan fingerprint density at radius 1 is 1.48 bits per heavy atom. The first kappa shape index (κ1) is 17.0. The molecule has 1 heterocycles. The van der Waals surface area contributed by atoms with Crippen molar-refractivity contribution in [2.75, 3.05) is 6.54 Å². The van der Waals surface area contributed by atoms with Gasteiger partial charge in [-0.05, 0) is 33.8 Å². The number of aromatic hydroxyl groups is 1. The highest BCUT2D eigenvalue weighted by Crippen LogP contribution is 2.37. The van der Waals surface area contributed by atoms with E-state index in [0.29, 0.717) is 16.7 Å². The molecule has 11 heteroatoms. The number of nitro benzene ring substituents is 1. The number of nitro groups is 1. The third kappa shape index (κ3) is 3.51. The second-order valence-electron chi connectivity index (χ2n) is 4.36. The summed E-state index contributed by atoms with van der Waals surface area (Å²) in [7, 11) is 0. The van der Waals surface area contributed by atoms with E-state index < -0.39 is 28.5 Å². The zero-order valence-electron chi connectivity index (χ0n) is 11.2. The van der Waals surface area contributed by atoms with Gasteiger partial charge < -0.3 is 10.8 Å². The number of phenols is 1. The minimum absolute atomic E-state index is 0.0179. The molecule has 3 amide bonds. The fourth-order valence-corrected chi connectivity index (χ4v) is 3.05. The molecule has 1 aromatic rings. The fourth-order valence-electron chi connectivity index (χ4n) is 1.75. The van der Waals surface area contributed by atoms with Gasteiger partial charge in [0.15, 0.2) is 0 Å². The lowest BCUT2D eigenvalue weighted by atomic mass is 10.1. The summed E-state index contributed by atoms with van der Waals surface area (Å²) in [4.78, 5) is 45.3. The highest BCUT2D eigenvalue weighted by molar-refractivity contribution is 9.10. The summed E-state index contributed by atoms with van der Waals surface area (Å²) in [6, 6.07) is 2.16. The molecule has 0 unspecified atom stereocenters. The standard InChI is InChI=1S/C12H8BrN3O6S/c13-7-3-6(16(21)22)1-5(10(7)18)2-8-11(19)15(4-9(14)17)12(20)23-8/h1-3,18H,4H2,(H2,14,17)/b8-2-. The average Bonchev–Trinajstić information content (AvgIpc) is 2.70. The first-order chi connectivity index (χ1) is 10.7. The van der Waals surface area contributed by atoms with Crippen LogP contribution in [0.3, 0.4) is 0 Å². The second-order valence-corrected chi connectivity index (χ2v) is 6.20. The van der Waals surface area contributed by atoms with Crippen LogP contribution in [0.2, 0.25) is 0 Å². The van der Waals surface area contributed by atoms with E-state index in [2.05, 4.69) is 15.9 Å². The van der Waals surface area contributed by atoms with Crippen molar-refractivity contribution in [1.82, 2.24) is 4.90 Å². The zero-order chi connectivity index (χ0) is 17.3. The molecule has 120 valence electrons. The zero-order valence-corrected chi connectivity index (χ0v) is 13.6. The van der Waals surface area contributed by atoms with Crippen molar-refractivity contribution < 1.29 is 24.4 Å². The summed E-state index contributed by atoms with van der Waals surface area (Å²) in [5.41, 5.74) is 4.63. The van der Waals surface area contributed by atoms with E-state index in [1.807, 2.05) is 0 Å². The molecule has 0 radical (unpaired) electrons. The summed E-state index contributed by atoms with van der Waals surface area (Å²) in [5, 5.41) is 20.1. The molecule has 3 N–H and O–H groups in total. The van der Waals surface area contributed by atoms with E-state index in [9.17, 15) is 29.6 Å². The molecular formula is C12H8BrN3O6S. The summed E-state index contributed by atoms with van der Waals surface area (Å²) in [6.45, 7) is -0.563. The Bertz CT molecular complexity index is 778. The summed E-state index contributed by atoms with van der Waals surface area (Å²) >= 11 is 3.51. The van der Waals surface area contributed by atoms with Gasteiger partial charge in [-0.15, -0.1) is 0 Å². The third-order valence-electron chi connectivity index (χ3n) is 2.76. The van der Waals surface area contributed by atoms with E-state index >= 15 is 0 Å². The Balaban J connectivity index is 2.43. The molecule has 0 aromatic heterocycles. The van der Waals surface area contributed by atoms with Gasteiger partial charge in [0.25, 0.3) is 16.8 Å². The largest absolute Gasteiger partial charge is 0.506 e. The van der Waals surface area contributed by atoms with Gasteiger partial charge in [0.1, 0.15) is 12.3 Å². The lowest BCUT2D eigenvalue weighted by Crippen LogP contribution is -2.36. The fraction of sp³-hybridized carbons (Fsp3) is 0.0833. The number of carbonyl (C=O) groups is 3. The molecule has 1 fully saturated rings. The Hall–Kier alpha value is -2.40. The minimum Gasteiger partial charge on any atom is -0.506 e. The number of nitrogens with two attached hydrogens (primary N) is 1. The molecule has 23 heavy (non-hydrogen) atoms. The normalized spacial score (nSPS) is 16.2. The molecule has 0 aliphatic carbocycles. The van der Waals surface area contributed by atoms with Crippen molar-refractivity contribution in [3.63, 3.8) is 0 Å². The number of carbonyl (C=O) groups excluding carboxylic acids is 3. The van der Waals surface area contributed by atoms with Crippen LogP contribution in [0.5, 0.6) is 5.75 Å².